The highest BCUT2D eigenvalue weighted by Gasteiger charge is 2.29. The van der Waals surface area contributed by atoms with Crippen LogP contribution in [0.5, 0.6) is 0 Å². The molecule has 1 aromatic carbocycles. The molecule has 27 heavy (non-hydrogen) atoms. The van der Waals surface area contributed by atoms with Crippen molar-refractivity contribution in [2.75, 3.05) is 24.5 Å². The second kappa shape index (κ2) is 7.58. The highest BCUT2D eigenvalue weighted by Crippen LogP contribution is 2.32. The summed E-state index contributed by atoms with van der Waals surface area (Å²) in [5, 5.41) is 1.97. The van der Waals surface area contributed by atoms with E-state index in [4.69, 9.17) is 0 Å². The zero-order valence-electron chi connectivity index (χ0n) is 15.0. The fraction of sp³-hybridized carbons (Fsp3) is 0.350. The predicted molar refractivity (Wildman–Crippen MR) is 108 cm³/mol. The molecule has 7 heteroatoms. The molecule has 0 unspecified atom stereocenters. The average Bonchev–Trinajstić information content (AvgIpc) is 3.36. The molecule has 3 heterocycles. The third-order valence-electron chi connectivity index (χ3n) is 5.10. The van der Waals surface area contributed by atoms with Crippen molar-refractivity contribution in [1.29, 1.82) is 0 Å². The van der Waals surface area contributed by atoms with E-state index in [1.807, 2.05) is 23.6 Å². The molecule has 0 aliphatic carbocycles. The first-order valence-electron chi connectivity index (χ1n) is 9.22. The summed E-state index contributed by atoms with van der Waals surface area (Å²) < 4.78 is 27.3. The van der Waals surface area contributed by atoms with Gasteiger partial charge in [-0.05, 0) is 60.5 Å². The van der Waals surface area contributed by atoms with Crippen molar-refractivity contribution in [3.8, 4) is 0 Å². The SMILES string of the molecule is O=C(/C=C/c1cccs1)N1CCc2cc(S(=O)(=O)N3CCCCC3)ccc21. The lowest BCUT2D eigenvalue weighted by atomic mass is 10.2. The molecule has 4 rings (SSSR count). The van der Waals surface area contributed by atoms with Gasteiger partial charge in [-0.1, -0.05) is 12.5 Å². The second-order valence-electron chi connectivity index (χ2n) is 6.84. The maximum atomic E-state index is 12.9. The maximum Gasteiger partial charge on any atom is 0.251 e. The van der Waals surface area contributed by atoms with E-state index in [1.54, 1.807) is 44.8 Å². The molecule has 2 aliphatic heterocycles. The lowest BCUT2D eigenvalue weighted by Gasteiger charge is -2.26. The van der Waals surface area contributed by atoms with Crippen LogP contribution in [0, 0.1) is 0 Å². The molecular formula is C20H22N2O3S2. The molecule has 1 amide bonds. The van der Waals surface area contributed by atoms with Crippen LogP contribution in [0.2, 0.25) is 0 Å². The van der Waals surface area contributed by atoms with E-state index < -0.39 is 10.0 Å². The van der Waals surface area contributed by atoms with Crippen LogP contribution in [0.1, 0.15) is 29.7 Å². The van der Waals surface area contributed by atoms with E-state index in [-0.39, 0.29) is 5.91 Å². The van der Waals surface area contributed by atoms with Crippen molar-refractivity contribution in [2.45, 2.75) is 30.6 Å². The van der Waals surface area contributed by atoms with Gasteiger partial charge in [-0.25, -0.2) is 8.42 Å². The summed E-state index contributed by atoms with van der Waals surface area (Å²) >= 11 is 1.58. The fourth-order valence-electron chi connectivity index (χ4n) is 3.65. The highest BCUT2D eigenvalue weighted by atomic mass is 32.2. The monoisotopic (exact) mass is 402 g/mol. The Hall–Kier alpha value is -1.96. The molecule has 142 valence electrons. The van der Waals surface area contributed by atoms with Crippen LogP contribution in [0.3, 0.4) is 0 Å². The highest BCUT2D eigenvalue weighted by molar-refractivity contribution is 7.89. The van der Waals surface area contributed by atoms with E-state index >= 15 is 0 Å². The van der Waals surface area contributed by atoms with Gasteiger partial charge in [-0.15, -0.1) is 11.3 Å². The Morgan fingerprint density at radius 2 is 1.89 bits per heavy atom. The van der Waals surface area contributed by atoms with Gasteiger partial charge in [0.25, 0.3) is 5.91 Å². The molecule has 2 aromatic rings. The molecule has 2 aliphatic rings. The van der Waals surface area contributed by atoms with E-state index in [2.05, 4.69) is 0 Å². The smallest absolute Gasteiger partial charge is 0.251 e. The molecular weight excluding hydrogens is 380 g/mol. The van der Waals surface area contributed by atoms with Gasteiger partial charge >= 0.3 is 0 Å². The van der Waals surface area contributed by atoms with Crippen LogP contribution in [-0.2, 0) is 21.2 Å². The molecule has 1 fully saturated rings. The molecule has 0 atom stereocenters. The Kier molecular flexibility index (Phi) is 5.16. The van der Waals surface area contributed by atoms with Crippen molar-refractivity contribution < 1.29 is 13.2 Å². The third kappa shape index (κ3) is 3.72. The van der Waals surface area contributed by atoms with E-state index in [0.29, 0.717) is 31.0 Å². The summed E-state index contributed by atoms with van der Waals surface area (Å²) in [5.74, 6) is -0.0752. The number of carbonyl (C=O) groups is 1. The molecule has 0 N–H and O–H groups in total. The first kappa shape index (κ1) is 18.4. The van der Waals surface area contributed by atoms with Crippen LogP contribution >= 0.6 is 11.3 Å². The Morgan fingerprint density at radius 3 is 2.63 bits per heavy atom. The lowest BCUT2D eigenvalue weighted by Crippen LogP contribution is -2.35. The normalized spacial score (nSPS) is 18.1. The first-order valence-corrected chi connectivity index (χ1v) is 11.5. The zero-order valence-corrected chi connectivity index (χ0v) is 16.6. The van der Waals surface area contributed by atoms with Gasteiger partial charge < -0.3 is 4.90 Å². The molecule has 1 saturated heterocycles. The van der Waals surface area contributed by atoms with Gasteiger partial charge in [-0.2, -0.15) is 4.31 Å². The molecule has 0 spiro atoms. The number of anilines is 1. The topological polar surface area (TPSA) is 57.7 Å². The average molecular weight is 403 g/mol. The number of amides is 1. The van der Waals surface area contributed by atoms with E-state index in [1.165, 1.54) is 0 Å². The number of rotatable bonds is 4. The summed E-state index contributed by atoms with van der Waals surface area (Å²) in [5.41, 5.74) is 1.74. The van der Waals surface area contributed by atoms with E-state index in [0.717, 1.165) is 35.4 Å². The summed E-state index contributed by atoms with van der Waals surface area (Å²) in [6.07, 6.45) is 7.01. The third-order valence-corrected chi connectivity index (χ3v) is 7.83. The van der Waals surface area contributed by atoms with Crippen molar-refractivity contribution in [1.82, 2.24) is 4.31 Å². The molecule has 5 nitrogen and oxygen atoms in total. The van der Waals surface area contributed by atoms with Gasteiger partial charge in [0.15, 0.2) is 0 Å². The summed E-state index contributed by atoms with van der Waals surface area (Å²) in [6.45, 7) is 1.77. The van der Waals surface area contributed by atoms with Crippen molar-refractivity contribution >= 4 is 39.0 Å². The number of thiophene rings is 1. The zero-order chi connectivity index (χ0) is 18.9. The van der Waals surface area contributed by atoms with Crippen LogP contribution in [0.25, 0.3) is 6.08 Å². The largest absolute Gasteiger partial charge is 0.308 e. The Morgan fingerprint density at radius 1 is 1.07 bits per heavy atom. The Bertz CT molecular complexity index is 959. The molecule has 0 radical (unpaired) electrons. The van der Waals surface area contributed by atoms with Crippen LogP contribution < -0.4 is 4.90 Å². The maximum absolute atomic E-state index is 12.9. The van der Waals surface area contributed by atoms with Crippen LogP contribution in [-0.4, -0.2) is 38.3 Å². The number of benzene rings is 1. The van der Waals surface area contributed by atoms with Gasteiger partial charge in [0.2, 0.25) is 10.0 Å². The number of sulfonamides is 1. The van der Waals surface area contributed by atoms with Gasteiger partial charge in [-0.3, -0.25) is 4.79 Å². The van der Waals surface area contributed by atoms with Gasteiger partial charge in [0.1, 0.15) is 0 Å². The predicted octanol–water partition coefficient (Wildman–Crippen LogP) is 3.53. The first-order chi connectivity index (χ1) is 13.1. The number of nitrogens with zero attached hydrogens (tertiary/aromatic N) is 2. The van der Waals surface area contributed by atoms with Crippen LogP contribution in [0.15, 0.2) is 46.7 Å². The van der Waals surface area contributed by atoms with Crippen molar-refractivity contribution in [2.24, 2.45) is 0 Å². The van der Waals surface area contributed by atoms with Crippen molar-refractivity contribution in [3.63, 3.8) is 0 Å². The van der Waals surface area contributed by atoms with Gasteiger partial charge in [0.05, 0.1) is 4.90 Å². The second-order valence-corrected chi connectivity index (χ2v) is 9.76. The van der Waals surface area contributed by atoms with E-state index in [9.17, 15) is 13.2 Å². The molecule has 0 bridgehead atoms. The fourth-order valence-corrected chi connectivity index (χ4v) is 5.84. The van der Waals surface area contributed by atoms with Crippen molar-refractivity contribution in [3.05, 3.63) is 52.2 Å². The molecule has 0 saturated carbocycles. The Balaban J connectivity index is 1.54. The van der Waals surface area contributed by atoms with Crippen LogP contribution in [0.4, 0.5) is 5.69 Å². The van der Waals surface area contributed by atoms with Gasteiger partial charge in [0, 0.05) is 36.3 Å². The number of piperidine rings is 1. The molecule has 1 aromatic heterocycles. The number of hydrogen-bond donors (Lipinski definition) is 0. The summed E-state index contributed by atoms with van der Waals surface area (Å²) in [7, 11) is -3.44. The standard InChI is InChI=1S/C20H22N2O3S2/c23-20(9-6-17-5-4-14-26-17)22-13-10-16-15-18(7-8-19(16)22)27(24,25)21-11-2-1-3-12-21/h4-9,14-15H,1-3,10-13H2/b9-6+. The summed E-state index contributed by atoms with van der Waals surface area (Å²) in [6, 6.07) is 9.07. The number of carbonyl (C=O) groups excluding carboxylic acids is 1. The minimum Gasteiger partial charge on any atom is -0.308 e. The Labute approximate surface area is 164 Å². The lowest BCUT2D eigenvalue weighted by molar-refractivity contribution is -0.114. The number of fused-ring (bicyclic) bond motifs is 1. The summed E-state index contributed by atoms with van der Waals surface area (Å²) in [4.78, 5) is 15.6. The number of hydrogen-bond acceptors (Lipinski definition) is 4. The minimum atomic E-state index is -3.44. The quantitative estimate of drug-likeness (QED) is 0.735. The minimum absolute atomic E-state index is 0.0752.